The largest absolute Gasteiger partial charge is 0.486 e. The van der Waals surface area contributed by atoms with Gasteiger partial charge in [0.15, 0.2) is 12.0 Å². The number of ether oxygens (including phenoxy) is 4. The van der Waals surface area contributed by atoms with E-state index >= 15 is 4.39 Å². The Labute approximate surface area is 537 Å². The molecule has 486 valence electrons. The number of thiazole rings is 1. The quantitative estimate of drug-likeness (QED) is 0.0567. The Bertz CT molecular complexity index is 3990. The SMILES string of the molecule is Cc1ncsc1-c1ccc([C@H](CO)NC(=O)[C@@H]2C[C@@H](O)CN2C(=O)[C@H](C(C)C)n2cc(-c3ccc(COc4c(-c5c(C)c(F)cc6c5cnn6C5CCCCO5)c(C5CC5)cc5c(N(C)[C@H]6CCN(C(=O)OC(C)(C)C)C6)nc(OCCCF)nc45)cc3)nn2)cc1. The number of carbonyl (C=O) groups is 3. The number of amides is 3. The lowest BCUT2D eigenvalue weighted by molar-refractivity contribution is -0.142. The van der Waals surface area contributed by atoms with Gasteiger partial charge in [-0.05, 0) is 119 Å². The molecular weight excluding hydrogens is 1200 g/mol. The number of anilines is 1. The van der Waals surface area contributed by atoms with E-state index in [0.717, 1.165) is 64.8 Å². The minimum absolute atomic E-state index is 0.00251. The maximum absolute atomic E-state index is 16.9. The Morgan fingerprint density at radius 2 is 1.72 bits per heavy atom. The number of β-amino-alcohol motifs (C(OH)–C–C–N with tert-alkyl or cyclic N) is 1. The molecule has 12 rings (SSSR count). The van der Waals surface area contributed by atoms with Crippen LogP contribution in [0, 0.1) is 25.6 Å². The van der Waals surface area contributed by atoms with Gasteiger partial charge in [0.25, 0.3) is 0 Å². The predicted octanol–water partition coefficient (Wildman–Crippen LogP) is 11.1. The Kier molecular flexibility index (Phi) is 18.6. The van der Waals surface area contributed by atoms with Gasteiger partial charge in [-0.3, -0.25) is 14.0 Å². The van der Waals surface area contributed by atoms with Gasteiger partial charge in [0.1, 0.15) is 47.1 Å². The molecule has 3 N–H and O–H groups in total. The van der Waals surface area contributed by atoms with Gasteiger partial charge in [-0.2, -0.15) is 15.1 Å². The summed E-state index contributed by atoms with van der Waals surface area (Å²) in [7, 11) is 1.93. The monoisotopic (exact) mass is 1280 g/mol. The van der Waals surface area contributed by atoms with Gasteiger partial charge in [-0.25, -0.2) is 23.5 Å². The highest BCUT2D eigenvalue weighted by molar-refractivity contribution is 7.13. The minimum atomic E-state index is -1.01. The topological polar surface area (TPSA) is 238 Å². The van der Waals surface area contributed by atoms with Crippen LogP contribution in [0.3, 0.4) is 0 Å². The van der Waals surface area contributed by atoms with Crippen LogP contribution in [0.25, 0.3) is 54.6 Å². The number of likely N-dealkylation sites (N-methyl/N-ethyl adjacent to an activating group) is 1. The highest BCUT2D eigenvalue weighted by Gasteiger charge is 2.44. The molecule has 0 bridgehead atoms. The van der Waals surface area contributed by atoms with E-state index in [0.29, 0.717) is 87.6 Å². The number of fused-ring (bicyclic) bond motifs is 2. The molecule has 0 radical (unpaired) electrons. The fourth-order valence-corrected chi connectivity index (χ4v) is 13.7. The molecule has 21 nitrogen and oxygen atoms in total. The van der Waals surface area contributed by atoms with Gasteiger partial charge in [0, 0.05) is 85.7 Å². The number of nitrogens with zero attached hydrogens (tertiary/aromatic N) is 11. The van der Waals surface area contributed by atoms with Crippen molar-refractivity contribution in [1.82, 2.24) is 54.8 Å². The van der Waals surface area contributed by atoms with E-state index in [-0.39, 0.29) is 69.3 Å². The molecule has 3 saturated heterocycles. The molecule has 0 spiro atoms. The number of aliphatic hydroxyl groups excluding tert-OH is 2. The van der Waals surface area contributed by atoms with Crippen LogP contribution in [-0.2, 0) is 25.7 Å². The Morgan fingerprint density at radius 1 is 0.946 bits per heavy atom. The Balaban J connectivity index is 0.855. The predicted molar refractivity (Wildman–Crippen MR) is 345 cm³/mol. The zero-order chi connectivity index (χ0) is 64.7. The van der Waals surface area contributed by atoms with Gasteiger partial charge in [0.2, 0.25) is 11.8 Å². The summed E-state index contributed by atoms with van der Waals surface area (Å²) in [5.41, 5.74) is 9.22. The fourth-order valence-electron chi connectivity index (χ4n) is 12.9. The van der Waals surface area contributed by atoms with E-state index in [2.05, 4.69) is 26.7 Å². The second-order valence-corrected chi connectivity index (χ2v) is 26.9. The van der Waals surface area contributed by atoms with Gasteiger partial charge in [-0.1, -0.05) is 67.6 Å². The van der Waals surface area contributed by atoms with Crippen molar-refractivity contribution < 1.29 is 52.3 Å². The van der Waals surface area contributed by atoms with Crippen LogP contribution in [0.2, 0.25) is 0 Å². The summed E-state index contributed by atoms with van der Waals surface area (Å²) in [4.78, 5) is 62.8. The summed E-state index contributed by atoms with van der Waals surface area (Å²) >= 11 is 1.53. The van der Waals surface area contributed by atoms with Crippen LogP contribution in [0.15, 0.2) is 78.6 Å². The molecule has 7 heterocycles. The van der Waals surface area contributed by atoms with Gasteiger partial charge >= 0.3 is 12.1 Å². The lowest BCUT2D eigenvalue weighted by Crippen LogP contribution is -2.50. The first-order valence-electron chi connectivity index (χ1n) is 31.9. The fraction of sp³-hybridized carbons (Fsp3) is 0.485. The van der Waals surface area contributed by atoms with E-state index in [1.54, 1.807) is 34.4 Å². The van der Waals surface area contributed by atoms with Crippen LogP contribution in [0.1, 0.15) is 138 Å². The van der Waals surface area contributed by atoms with E-state index in [1.165, 1.54) is 27.0 Å². The Hall–Kier alpha value is -8.19. The van der Waals surface area contributed by atoms with Crippen molar-refractivity contribution in [1.29, 1.82) is 0 Å². The lowest BCUT2D eigenvalue weighted by Gasteiger charge is -2.30. The number of hydrogen-bond donors (Lipinski definition) is 3. The molecule has 4 fully saturated rings. The maximum Gasteiger partial charge on any atom is 0.410 e. The van der Waals surface area contributed by atoms with E-state index < -0.39 is 60.2 Å². The third kappa shape index (κ3) is 13.2. The van der Waals surface area contributed by atoms with Crippen LogP contribution >= 0.6 is 11.3 Å². The number of likely N-dealkylation sites (tertiary alicyclic amines) is 2. The lowest BCUT2D eigenvalue weighted by atomic mass is 9.88. The average Bonchev–Trinajstić information content (AvgIpc) is 1.27. The number of halogens is 2. The highest BCUT2D eigenvalue weighted by atomic mass is 32.1. The van der Waals surface area contributed by atoms with E-state index in [1.807, 2.05) is 102 Å². The number of aliphatic hydroxyl groups is 2. The number of benzene rings is 4. The molecular formula is C68H80F2N12O9S. The summed E-state index contributed by atoms with van der Waals surface area (Å²) in [6.07, 6.45) is 6.88. The molecule has 3 aliphatic heterocycles. The molecule has 3 amide bonds. The molecule has 4 aliphatic rings. The first kappa shape index (κ1) is 63.9. The van der Waals surface area contributed by atoms with Crippen molar-refractivity contribution in [3.63, 3.8) is 0 Å². The molecule has 1 saturated carbocycles. The summed E-state index contributed by atoms with van der Waals surface area (Å²) in [5, 5.41) is 39.6. The normalized spacial score (nSPS) is 19.3. The van der Waals surface area contributed by atoms with Crippen molar-refractivity contribution in [2.45, 2.75) is 154 Å². The van der Waals surface area contributed by atoms with Crippen molar-refractivity contribution in [3.05, 3.63) is 112 Å². The third-order valence-electron chi connectivity index (χ3n) is 17.9. The standard InChI is InChI=1S/C68H80F2N12O9S/c1-38(2)60(65(86)80-33-47(84)28-55(80)64(85)73-53(35-83)44-19-21-45(22-20-44)62-40(4)71-37-92-62)81-34-52(76-77-81)43-15-13-41(14-16-43)36-90-61-58(57-39(3)51(70)30-54-50(57)31-72-82(54)56-12-9-10-26-88-56)48(42-17-18-42)29-49-59(61)74-66(89-27-11-24-69)75-63(49)78(8)46-23-25-79(32-46)67(87)91-68(5,6)7/h13-16,19-22,29-31,34,37-38,42,46-47,53,55-56,60,83-84H,9-12,17-18,23-28,32-33,35-36H2,1-8H3,(H,73,85)/t46-,47+,53-,55-,56?,60-/m0/s1. The number of aromatic nitrogens is 8. The number of alkyl halides is 1. The van der Waals surface area contributed by atoms with Crippen molar-refractivity contribution in [2.75, 3.05) is 58.1 Å². The van der Waals surface area contributed by atoms with Crippen molar-refractivity contribution >= 4 is 56.9 Å². The number of nitrogens with one attached hydrogen (secondary N) is 1. The summed E-state index contributed by atoms with van der Waals surface area (Å²) in [5.74, 6) is -0.650. The zero-order valence-electron chi connectivity index (χ0n) is 53.3. The molecule has 92 heavy (non-hydrogen) atoms. The van der Waals surface area contributed by atoms with Gasteiger partial charge in [0.05, 0.1) is 66.0 Å². The minimum Gasteiger partial charge on any atom is -0.486 e. The first-order valence-corrected chi connectivity index (χ1v) is 32.8. The van der Waals surface area contributed by atoms with Crippen LogP contribution < -0.4 is 19.7 Å². The first-order chi connectivity index (χ1) is 44.3. The summed E-state index contributed by atoms with van der Waals surface area (Å²) < 4.78 is 59.2. The maximum atomic E-state index is 16.9. The summed E-state index contributed by atoms with van der Waals surface area (Å²) in [6.45, 7) is 13.4. The Morgan fingerprint density at radius 3 is 2.40 bits per heavy atom. The van der Waals surface area contributed by atoms with E-state index in [4.69, 9.17) is 34.0 Å². The highest BCUT2D eigenvalue weighted by Crippen LogP contribution is 2.54. The molecule has 4 aromatic carbocycles. The molecule has 4 aromatic heterocycles. The van der Waals surface area contributed by atoms with Crippen LogP contribution in [0.4, 0.5) is 19.4 Å². The zero-order valence-corrected chi connectivity index (χ0v) is 54.1. The number of rotatable bonds is 21. The second kappa shape index (κ2) is 26.8. The van der Waals surface area contributed by atoms with Crippen molar-refractivity contribution in [3.8, 4) is 44.6 Å². The third-order valence-corrected chi connectivity index (χ3v) is 18.9. The number of carbonyl (C=O) groups excluding carboxylic acids is 3. The van der Waals surface area contributed by atoms with E-state index in [9.17, 15) is 29.0 Å². The van der Waals surface area contributed by atoms with Gasteiger partial charge < -0.3 is 49.2 Å². The van der Waals surface area contributed by atoms with Crippen LogP contribution in [0.5, 0.6) is 11.8 Å². The number of aryl methyl sites for hydroxylation is 1. The van der Waals surface area contributed by atoms with Crippen molar-refractivity contribution in [2.24, 2.45) is 5.92 Å². The second-order valence-electron chi connectivity index (χ2n) is 26.0. The smallest absolute Gasteiger partial charge is 0.410 e. The molecule has 24 heteroatoms. The van der Waals surface area contributed by atoms with Crippen LogP contribution in [-0.4, -0.2) is 155 Å². The molecule has 1 aliphatic carbocycles. The molecule has 6 atom stereocenters. The summed E-state index contributed by atoms with van der Waals surface area (Å²) in [6, 6.07) is 15.9. The molecule has 8 aromatic rings. The molecule has 1 unspecified atom stereocenters. The average molecular weight is 1280 g/mol. The van der Waals surface area contributed by atoms with Gasteiger partial charge in [-0.15, -0.1) is 16.4 Å². The number of hydrogen-bond acceptors (Lipinski definition) is 17.